The van der Waals surface area contributed by atoms with E-state index in [2.05, 4.69) is 86.0 Å². The third-order valence-electron chi connectivity index (χ3n) is 13.1. The SMILES string of the molecule is Cc1c(O)c(O)cc2c1[C@H](c1c[nH]c3ccc(Br)cc13)C=C1[C@@]2(C)CC[C@@]2(C)[C@@H]3C[C@@H](C)CC[C@]3(C)CC[C@]12C.O=CO. The third-order valence-corrected chi connectivity index (χ3v) is 13.6. The second-order valence-corrected chi connectivity index (χ2v) is 16.0. The molecule has 1 heterocycles. The standard InChI is InChI=1S/C36H44BrNO2.CH2O2/c1-20-9-10-33(3)11-13-36(6)30-17-24(25-19-38-27-8-7-22(37)16-23(25)27)31-21(2)32(40)28(39)18-26(31)34(30,4)12-14-35(36,5)29(33)15-20;2-1-3/h7-8,16-20,24,29,38-40H,9-15H2,1-6H3;1H,(H,2,3)/t20-,24-,29+,33+,34-,35-,36+;/m0./s1. The molecule has 43 heavy (non-hydrogen) atoms. The van der Waals surface area contributed by atoms with Gasteiger partial charge in [-0.25, -0.2) is 0 Å². The van der Waals surface area contributed by atoms with Crippen molar-refractivity contribution in [2.45, 2.75) is 97.8 Å². The Morgan fingerprint density at radius 1 is 1.02 bits per heavy atom. The summed E-state index contributed by atoms with van der Waals surface area (Å²) in [4.78, 5) is 11.9. The lowest BCUT2D eigenvalue weighted by Gasteiger charge is -2.69. The summed E-state index contributed by atoms with van der Waals surface area (Å²) in [5.74, 6) is 1.56. The monoisotopic (exact) mass is 647 g/mol. The van der Waals surface area contributed by atoms with Gasteiger partial charge in [-0.3, -0.25) is 4.79 Å². The maximum absolute atomic E-state index is 11.0. The number of H-pyrrole nitrogens is 1. The number of phenols is 2. The molecule has 7 rings (SSSR count). The lowest BCUT2D eigenvalue weighted by Crippen LogP contribution is -2.61. The van der Waals surface area contributed by atoms with Crippen LogP contribution in [0.1, 0.15) is 108 Å². The molecule has 7 atom stereocenters. The van der Waals surface area contributed by atoms with E-state index in [0.29, 0.717) is 5.41 Å². The van der Waals surface area contributed by atoms with E-state index in [1.807, 2.05) is 13.0 Å². The average Bonchev–Trinajstić information content (AvgIpc) is 3.37. The van der Waals surface area contributed by atoms with E-state index in [-0.39, 0.29) is 40.1 Å². The molecule has 4 N–H and O–H groups in total. The molecule has 4 aliphatic rings. The number of hydrogen-bond donors (Lipinski definition) is 4. The van der Waals surface area contributed by atoms with E-state index in [9.17, 15) is 10.2 Å². The van der Waals surface area contributed by atoms with Gasteiger partial charge in [-0.2, -0.15) is 0 Å². The maximum atomic E-state index is 11.0. The number of benzene rings is 2. The third kappa shape index (κ3) is 4.18. The fourth-order valence-electron chi connectivity index (χ4n) is 10.4. The predicted molar refractivity (Wildman–Crippen MR) is 176 cm³/mol. The van der Waals surface area contributed by atoms with Gasteiger partial charge in [-0.15, -0.1) is 0 Å². The lowest BCUT2D eigenvalue weighted by atomic mass is 9.35. The van der Waals surface area contributed by atoms with Gasteiger partial charge in [-0.05, 0) is 120 Å². The number of phenolic OH excluding ortho intramolecular Hbond substituents is 2. The van der Waals surface area contributed by atoms with Crippen LogP contribution in [-0.4, -0.2) is 26.8 Å². The van der Waals surface area contributed by atoms with E-state index in [1.165, 1.54) is 60.6 Å². The molecule has 0 radical (unpaired) electrons. The van der Waals surface area contributed by atoms with Crippen molar-refractivity contribution < 1.29 is 20.1 Å². The number of aromatic hydroxyl groups is 2. The van der Waals surface area contributed by atoms with Crippen LogP contribution >= 0.6 is 15.9 Å². The molecule has 3 fully saturated rings. The Kier molecular flexibility index (Phi) is 7.15. The van der Waals surface area contributed by atoms with Crippen molar-refractivity contribution >= 4 is 33.3 Å². The van der Waals surface area contributed by atoms with Gasteiger partial charge >= 0.3 is 0 Å². The molecule has 0 spiro atoms. The molecule has 3 saturated carbocycles. The Balaban J connectivity index is 0.00000105. The van der Waals surface area contributed by atoms with Crippen LogP contribution in [0.3, 0.4) is 0 Å². The number of rotatable bonds is 1. The smallest absolute Gasteiger partial charge is 0.290 e. The van der Waals surface area contributed by atoms with Crippen LogP contribution in [0.5, 0.6) is 11.5 Å². The summed E-state index contributed by atoms with van der Waals surface area (Å²) in [5, 5.41) is 30.1. The van der Waals surface area contributed by atoms with Crippen molar-refractivity contribution in [3.05, 3.63) is 68.8 Å². The zero-order valence-electron chi connectivity index (χ0n) is 26.4. The zero-order chi connectivity index (χ0) is 31.1. The van der Waals surface area contributed by atoms with E-state index in [0.717, 1.165) is 33.8 Å². The summed E-state index contributed by atoms with van der Waals surface area (Å²) < 4.78 is 1.06. The Labute approximate surface area is 263 Å². The van der Waals surface area contributed by atoms with Crippen LogP contribution in [0.4, 0.5) is 0 Å². The second-order valence-electron chi connectivity index (χ2n) is 15.1. The topological polar surface area (TPSA) is 93.5 Å². The minimum absolute atomic E-state index is 0.00499. The number of allylic oxidation sites excluding steroid dienone is 2. The molecule has 0 bridgehead atoms. The van der Waals surface area contributed by atoms with Crippen LogP contribution in [0.2, 0.25) is 0 Å². The van der Waals surface area contributed by atoms with Crippen LogP contribution < -0.4 is 0 Å². The summed E-state index contributed by atoms with van der Waals surface area (Å²) in [5.41, 5.74) is 7.69. The van der Waals surface area contributed by atoms with E-state index >= 15 is 0 Å². The number of aromatic nitrogens is 1. The Bertz CT molecular complexity index is 1640. The Hall–Kier alpha value is -2.73. The van der Waals surface area contributed by atoms with Crippen molar-refractivity contribution in [2.24, 2.45) is 28.1 Å². The number of nitrogens with one attached hydrogen (secondary N) is 1. The highest BCUT2D eigenvalue weighted by molar-refractivity contribution is 9.10. The molecule has 6 heteroatoms. The Morgan fingerprint density at radius 3 is 2.47 bits per heavy atom. The molecule has 0 amide bonds. The van der Waals surface area contributed by atoms with Crippen molar-refractivity contribution in [3.63, 3.8) is 0 Å². The molecule has 3 aromatic rings. The molecular weight excluding hydrogens is 602 g/mol. The van der Waals surface area contributed by atoms with Gasteiger partial charge in [0.05, 0.1) is 0 Å². The van der Waals surface area contributed by atoms with Crippen molar-refractivity contribution in [3.8, 4) is 11.5 Å². The average molecular weight is 649 g/mol. The molecule has 5 nitrogen and oxygen atoms in total. The number of fused-ring (bicyclic) bond motifs is 8. The highest BCUT2D eigenvalue weighted by atomic mass is 79.9. The van der Waals surface area contributed by atoms with Crippen LogP contribution in [-0.2, 0) is 10.2 Å². The van der Waals surface area contributed by atoms with Gasteiger partial charge in [0, 0.05) is 32.9 Å². The molecule has 1 aromatic heterocycles. The molecule has 4 aliphatic carbocycles. The summed E-state index contributed by atoms with van der Waals surface area (Å²) >= 11 is 3.71. The van der Waals surface area contributed by atoms with Gasteiger partial charge in [0.2, 0.25) is 0 Å². The fraction of sp³-hybridized carbons (Fsp3) is 0.541. The number of aromatic amines is 1. The quantitative estimate of drug-likeness (QED) is 0.120. The number of halogens is 1. The first-order chi connectivity index (χ1) is 20.2. The molecule has 2 aromatic carbocycles. The van der Waals surface area contributed by atoms with Gasteiger partial charge in [0.25, 0.3) is 6.47 Å². The number of carbonyl (C=O) groups is 1. The van der Waals surface area contributed by atoms with Gasteiger partial charge in [-0.1, -0.05) is 68.6 Å². The molecule has 0 saturated heterocycles. The van der Waals surface area contributed by atoms with Gasteiger partial charge in [0.15, 0.2) is 11.5 Å². The van der Waals surface area contributed by atoms with Crippen molar-refractivity contribution in [1.29, 1.82) is 0 Å². The van der Waals surface area contributed by atoms with E-state index in [4.69, 9.17) is 9.90 Å². The predicted octanol–water partition coefficient (Wildman–Crippen LogP) is 9.72. The molecular formula is C37H46BrNO4. The minimum atomic E-state index is -0.250. The first kappa shape index (κ1) is 30.3. The Morgan fingerprint density at radius 2 is 1.74 bits per heavy atom. The first-order valence-electron chi connectivity index (χ1n) is 15.9. The normalized spacial score (nSPS) is 36.3. The summed E-state index contributed by atoms with van der Waals surface area (Å²) in [6.07, 6.45) is 13.6. The fourth-order valence-corrected chi connectivity index (χ4v) is 10.8. The summed E-state index contributed by atoms with van der Waals surface area (Å²) in [7, 11) is 0. The first-order valence-corrected chi connectivity index (χ1v) is 16.7. The van der Waals surface area contributed by atoms with Crippen molar-refractivity contribution in [2.75, 3.05) is 0 Å². The minimum Gasteiger partial charge on any atom is -0.504 e. The maximum Gasteiger partial charge on any atom is 0.290 e. The molecule has 0 unspecified atom stereocenters. The molecule has 230 valence electrons. The zero-order valence-corrected chi connectivity index (χ0v) is 27.9. The largest absolute Gasteiger partial charge is 0.504 e. The van der Waals surface area contributed by atoms with Crippen LogP contribution in [0.15, 0.2) is 46.6 Å². The van der Waals surface area contributed by atoms with E-state index < -0.39 is 0 Å². The second kappa shape index (κ2) is 10.2. The summed E-state index contributed by atoms with van der Waals surface area (Å²) in [6, 6.07) is 8.34. The van der Waals surface area contributed by atoms with Crippen LogP contribution in [0.25, 0.3) is 10.9 Å². The summed E-state index contributed by atoms with van der Waals surface area (Å²) in [6.45, 7) is 14.5. The number of carboxylic acid groups (broad SMARTS) is 1. The van der Waals surface area contributed by atoms with Crippen LogP contribution in [0, 0.1) is 35.0 Å². The highest BCUT2D eigenvalue weighted by Gasteiger charge is 2.65. The van der Waals surface area contributed by atoms with Gasteiger partial charge < -0.3 is 20.3 Å². The van der Waals surface area contributed by atoms with Gasteiger partial charge in [0.1, 0.15) is 0 Å². The highest BCUT2D eigenvalue weighted by Crippen LogP contribution is 2.74. The molecule has 0 aliphatic heterocycles. The number of hydrogen-bond acceptors (Lipinski definition) is 3. The lowest BCUT2D eigenvalue weighted by molar-refractivity contribution is -0.145. The van der Waals surface area contributed by atoms with E-state index in [1.54, 1.807) is 5.57 Å². The van der Waals surface area contributed by atoms with Crippen molar-refractivity contribution in [1.82, 2.24) is 4.98 Å².